The zero-order chi connectivity index (χ0) is 24.1. The van der Waals surface area contributed by atoms with E-state index in [0.29, 0.717) is 0 Å². The Labute approximate surface area is 197 Å². The monoisotopic (exact) mass is 435 g/mol. The Morgan fingerprint density at radius 2 is 1.56 bits per heavy atom. The van der Waals surface area contributed by atoms with Crippen LogP contribution in [0.1, 0.15) is 72.8 Å². The van der Waals surface area contributed by atoms with Crippen LogP contribution < -0.4 is 10.7 Å². The molecule has 3 nitrogen and oxygen atoms in total. The molecule has 3 heteroatoms. The molecule has 0 fully saturated rings. The zero-order valence-electron chi connectivity index (χ0n) is 21.6. The van der Waals surface area contributed by atoms with E-state index in [9.17, 15) is 0 Å². The third-order valence-electron chi connectivity index (χ3n) is 7.01. The Bertz CT molecular complexity index is 868. The van der Waals surface area contributed by atoms with Gasteiger partial charge in [-0.15, -0.1) is 0 Å². The van der Waals surface area contributed by atoms with Gasteiger partial charge < -0.3 is 10.7 Å². The third-order valence-corrected chi connectivity index (χ3v) is 7.01. The lowest BCUT2D eigenvalue weighted by molar-refractivity contribution is 0.261. The van der Waals surface area contributed by atoms with Crippen LogP contribution in [-0.4, -0.2) is 25.1 Å². The number of hydrogen-bond donors (Lipinski definition) is 2. The Kier molecular flexibility index (Phi) is 8.59. The summed E-state index contributed by atoms with van der Waals surface area (Å²) in [5.41, 5.74) is 12.1. The second-order valence-electron chi connectivity index (χ2n) is 10.9. The number of nitrogens with one attached hydrogen (secondary N) is 2. The van der Waals surface area contributed by atoms with Gasteiger partial charge in [0.2, 0.25) is 0 Å². The summed E-state index contributed by atoms with van der Waals surface area (Å²) in [6.07, 6.45) is 4.95. The summed E-state index contributed by atoms with van der Waals surface area (Å²) in [6, 6.07) is 8.65. The van der Waals surface area contributed by atoms with Crippen molar-refractivity contribution in [1.82, 2.24) is 10.3 Å². The van der Waals surface area contributed by atoms with Crippen LogP contribution in [0.4, 0.5) is 5.69 Å². The second-order valence-corrected chi connectivity index (χ2v) is 10.9. The van der Waals surface area contributed by atoms with Crippen LogP contribution in [0.2, 0.25) is 0 Å². The van der Waals surface area contributed by atoms with Gasteiger partial charge in [-0.1, -0.05) is 70.7 Å². The minimum Gasteiger partial charge on any atom is -0.387 e. The molecule has 2 N–H and O–H groups in total. The molecule has 0 aliphatic heterocycles. The van der Waals surface area contributed by atoms with Crippen molar-refractivity contribution < 1.29 is 0 Å². The molecule has 0 atom stereocenters. The molecule has 0 bridgehead atoms. The third kappa shape index (κ3) is 6.87. The first kappa shape index (κ1) is 26.0. The molecule has 0 heterocycles. The molecule has 0 radical (unpaired) electrons. The molecule has 176 valence electrons. The van der Waals surface area contributed by atoms with Crippen LogP contribution in [-0.2, 0) is 0 Å². The molecule has 0 unspecified atom stereocenters. The highest BCUT2D eigenvalue weighted by Crippen LogP contribution is 2.34. The van der Waals surface area contributed by atoms with Crippen molar-refractivity contribution in [1.29, 1.82) is 0 Å². The minimum atomic E-state index is -0.0912. The van der Waals surface area contributed by atoms with Crippen molar-refractivity contribution in [3.8, 4) is 0 Å². The van der Waals surface area contributed by atoms with Gasteiger partial charge in [0.05, 0.1) is 0 Å². The number of allylic oxidation sites excluding steroid dienone is 3. The van der Waals surface area contributed by atoms with Crippen LogP contribution in [0.5, 0.6) is 0 Å². The molecule has 0 saturated carbocycles. The molecular weight excluding hydrogens is 390 g/mol. The molecule has 0 aromatic heterocycles. The standard InChI is InChI=1S/C29H45N3/c1-21(2)28(6,7)19-30-24(5)29(8,9)20-32(10)31-26-17-15-25(16-18-26)23(4)27-14-12-11-13-22(27)3/h15-18,30-31H,1,4-5,11-14,19-20H2,2-3,6-10H3. The van der Waals surface area contributed by atoms with E-state index in [-0.39, 0.29) is 10.8 Å². The zero-order valence-corrected chi connectivity index (χ0v) is 21.6. The first-order chi connectivity index (χ1) is 14.8. The maximum Gasteiger partial charge on any atom is 0.0490 e. The average Bonchev–Trinajstić information content (AvgIpc) is 2.71. The molecular formula is C29H45N3. The molecule has 0 spiro atoms. The molecule has 1 aromatic rings. The van der Waals surface area contributed by atoms with Gasteiger partial charge in [-0.3, -0.25) is 0 Å². The largest absolute Gasteiger partial charge is 0.387 e. The molecule has 2 rings (SSSR count). The number of benzene rings is 1. The van der Waals surface area contributed by atoms with Gasteiger partial charge in [0.25, 0.3) is 0 Å². The van der Waals surface area contributed by atoms with E-state index in [0.717, 1.165) is 30.9 Å². The van der Waals surface area contributed by atoms with Crippen LogP contribution in [0.25, 0.3) is 5.57 Å². The number of hydrogen-bond acceptors (Lipinski definition) is 3. The van der Waals surface area contributed by atoms with Gasteiger partial charge in [0.15, 0.2) is 0 Å². The van der Waals surface area contributed by atoms with E-state index in [1.807, 2.05) is 0 Å². The van der Waals surface area contributed by atoms with E-state index >= 15 is 0 Å². The minimum absolute atomic E-state index is 0.0428. The van der Waals surface area contributed by atoms with Crippen molar-refractivity contribution >= 4 is 11.3 Å². The smallest absolute Gasteiger partial charge is 0.0490 e. The van der Waals surface area contributed by atoms with E-state index in [4.69, 9.17) is 0 Å². The quantitative estimate of drug-likeness (QED) is 0.277. The summed E-state index contributed by atoms with van der Waals surface area (Å²) < 4.78 is 0. The van der Waals surface area contributed by atoms with Crippen molar-refractivity contribution in [2.24, 2.45) is 10.8 Å². The highest BCUT2D eigenvalue weighted by Gasteiger charge is 2.26. The van der Waals surface area contributed by atoms with E-state index in [1.54, 1.807) is 0 Å². The maximum atomic E-state index is 4.39. The molecule has 1 aliphatic rings. The lowest BCUT2D eigenvalue weighted by atomic mass is 9.84. The fraction of sp³-hybridized carbons (Fsp3) is 0.517. The van der Waals surface area contributed by atoms with Gasteiger partial charge in [0.1, 0.15) is 0 Å². The Hall–Kier alpha value is -2.26. The fourth-order valence-electron chi connectivity index (χ4n) is 4.05. The first-order valence-electron chi connectivity index (χ1n) is 11.9. The molecule has 1 aliphatic carbocycles. The number of hydrazine groups is 1. The average molecular weight is 436 g/mol. The predicted molar refractivity (Wildman–Crippen MR) is 142 cm³/mol. The highest BCUT2D eigenvalue weighted by molar-refractivity contribution is 5.78. The fourth-order valence-corrected chi connectivity index (χ4v) is 4.05. The molecule has 0 saturated heterocycles. The highest BCUT2D eigenvalue weighted by atomic mass is 15.5. The van der Waals surface area contributed by atoms with Crippen molar-refractivity contribution in [3.63, 3.8) is 0 Å². The molecule has 1 aromatic carbocycles. The maximum absolute atomic E-state index is 4.39. The number of anilines is 1. The summed E-state index contributed by atoms with van der Waals surface area (Å²) >= 11 is 0. The Balaban J connectivity index is 1.94. The summed E-state index contributed by atoms with van der Waals surface area (Å²) in [5, 5.41) is 5.68. The Morgan fingerprint density at radius 1 is 0.969 bits per heavy atom. The van der Waals surface area contributed by atoms with E-state index in [1.165, 1.54) is 47.1 Å². The lowest BCUT2D eigenvalue weighted by Crippen LogP contribution is -2.41. The summed E-state index contributed by atoms with van der Waals surface area (Å²) in [4.78, 5) is 0. The number of rotatable bonds is 11. The van der Waals surface area contributed by atoms with Gasteiger partial charge >= 0.3 is 0 Å². The summed E-state index contributed by atoms with van der Waals surface area (Å²) in [7, 11) is 2.08. The van der Waals surface area contributed by atoms with Crippen LogP contribution >= 0.6 is 0 Å². The molecule has 32 heavy (non-hydrogen) atoms. The normalized spacial score (nSPS) is 15.0. The van der Waals surface area contributed by atoms with Gasteiger partial charge in [-0.25, -0.2) is 5.01 Å². The van der Waals surface area contributed by atoms with Crippen LogP contribution in [0.15, 0.2) is 66.4 Å². The topological polar surface area (TPSA) is 27.3 Å². The van der Waals surface area contributed by atoms with E-state index in [2.05, 4.69) is 108 Å². The Morgan fingerprint density at radius 3 is 2.12 bits per heavy atom. The van der Waals surface area contributed by atoms with Gasteiger partial charge in [0, 0.05) is 42.4 Å². The van der Waals surface area contributed by atoms with Crippen molar-refractivity contribution in [2.75, 3.05) is 25.6 Å². The van der Waals surface area contributed by atoms with Gasteiger partial charge in [-0.05, 0) is 68.4 Å². The van der Waals surface area contributed by atoms with Crippen LogP contribution in [0, 0.1) is 10.8 Å². The summed E-state index contributed by atoms with van der Waals surface area (Å²) in [5.74, 6) is 0. The van der Waals surface area contributed by atoms with Gasteiger partial charge in [-0.2, -0.15) is 0 Å². The number of nitrogens with zero attached hydrogens (tertiary/aromatic N) is 1. The second kappa shape index (κ2) is 10.6. The van der Waals surface area contributed by atoms with Crippen LogP contribution in [0.3, 0.4) is 0 Å². The van der Waals surface area contributed by atoms with Crippen molar-refractivity contribution in [2.45, 2.75) is 67.2 Å². The summed E-state index contributed by atoms with van der Waals surface area (Å²) in [6.45, 7) is 27.7. The molecule has 0 amide bonds. The first-order valence-corrected chi connectivity index (χ1v) is 11.9. The van der Waals surface area contributed by atoms with Crippen molar-refractivity contribution in [3.05, 3.63) is 72.0 Å². The lowest BCUT2D eigenvalue weighted by Gasteiger charge is -2.35. The van der Waals surface area contributed by atoms with E-state index < -0.39 is 0 Å². The predicted octanol–water partition coefficient (Wildman–Crippen LogP) is 7.58. The SMILES string of the molecule is C=C(C1=C(C)CCCC1)c1ccc(NN(C)CC(C)(C)C(=C)NCC(C)(C)C(=C)C)cc1.